The van der Waals surface area contributed by atoms with Crippen LogP contribution in [-0.2, 0) is 13.1 Å². The summed E-state index contributed by atoms with van der Waals surface area (Å²) in [6.07, 6.45) is 5.26. The van der Waals surface area contributed by atoms with Crippen molar-refractivity contribution in [1.29, 1.82) is 0 Å². The number of carbonyl (C=O) groups excluding carboxylic acids is 1. The highest BCUT2D eigenvalue weighted by molar-refractivity contribution is 5.91. The molecular formula is C20H23N3O2. The first-order chi connectivity index (χ1) is 12.1. The van der Waals surface area contributed by atoms with Gasteiger partial charge in [-0.15, -0.1) is 0 Å². The number of aromatic nitrogens is 2. The minimum Gasteiger partial charge on any atom is -0.459 e. The van der Waals surface area contributed by atoms with Crippen molar-refractivity contribution in [2.45, 2.75) is 26.9 Å². The number of hydrogen-bond donors (Lipinski definition) is 0. The van der Waals surface area contributed by atoms with E-state index in [4.69, 9.17) is 4.42 Å². The van der Waals surface area contributed by atoms with Crippen LogP contribution in [-0.4, -0.2) is 26.9 Å². The van der Waals surface area contributed by atoms with Crippen molar-refractivity contribution in [1.82, 2.24) is 14.5 Å². The predicted molar refractivity (Wildman–Crippen MR) is 96.1 cm³/mol. The van der Waals surface area contributed by atoms with Gasteiger partial charge in [0.15, 0.2) is 5.76 Å². The molecular weight excluding hydrogens is 314 g/mol. The van der Waals surface area contributed by atoms with Crippen LogP contribution in [0.25, 0.3) is 0 Å². The van der Waals surface area contributed by atoms with Crippen LogP contribution >= 0.6 is 0 Å². The molecule has 0 radical (unpaired) electrons. The van der Waals surface area contributed by atoms with E-state index in [9.17, 15) is 4.79 Å². The molecule has 0 saturated carbocycles. The molecule has 3 rings (SSSR count). The number of imidazole rings is 1. The zero-order valence-corrected chi connectivity index (χ0v) is 14.6. The van der Waals surface area contributed by atoms with Crippen molar-refractivity contribution in [2.24, 2.45) is 5.92 Å². The molecule has 0 saturated heterocycles. The Labute approximate surface area is 147 Å². The second kappa shape index (κ2) is 7.83. The number of nitrogens with zero attached hydrogens (tertiary/aromatic N) is 3. The van der Waals surface area contributed by atoms with Crippen LogP contribution in [0.5, 0.6) is 0 Å². The van der Waals surface area contributed by atoms with Crippen molar-refractivity contribution in [3.63, 3.8) is 0 Å². The van der Waals surface area contributed by atoms with Crippen LogP contribution in [0.3, 0.4) is 0 Å². The molecule has 1 amide bonds. The maximum Gasteiger partial charge on any atom is 0.289 e. The highest BCUT2D eigenvalue weighted by atomic mass is 16.3. The second-order valence-corrected chi connectivity index (χ2v) is 6.51. The largest absolute Gasteiger partial charge is 0.459 e. The minimum atomic E-state index is -0.104. The number of carbonyl (C=O) groups is 1. The molecule has 0 fully saturated rings. The highest BCUT2D eigenvalue weighted by Crippen LogP contribution is 2.13. The molecule has 2 aromatic heterocycles. The summed E-state index contributed by atoms with van der Waals surface area (Å²) in [5.41, 5.74) is 1.20. The molecule has 0 aliphatic rings. The van der Waals surface area contributed by atoms with Gasteiger partial charge in [-0.05, 0) is 23.6 Å². The third-order valence-electron chi connectivity index (χ3n) is 3.93. The molecule has 0 spiro atoms. The number of furan rings is 1. The van der Waals surface area contributed by atoms with Gasteiger partial charge < -0.3 is 13.9 Å². The Morgan fingerprint density at radius 3 is 2.68 bits per heavy atom. The maximum atomic E-state index is 12.7. The molecule has 2 heterocycles. The minimum absolute atomic E-state index is 0.104. The summed E-state index contributed by atoms with van der Waals surface area (Å²) in [7, 11) is 0. The third-order valence-corrected chi connectivity index (χ3v) is 3.93. The lowest BCUT2D eigenvalue weighted by Crippen LogP contribution is -2.34. The summed E-state index contributed by atoms with van der Waals surface area (Å²) in [5.74, 6) is 1.48. The van der Waals surface area contributed by atoms with Crippen LogP contribution in [0, 0.1) is 5.92 Å². The first kappa shape index (κ1) is 17.0. The first-order valence-corrected chi connectivity index (χ1v) is 8.50. The molecule has 25 heavy (non-hydrogen) atoms. The van der Waals surface area contributed by atoms with E-state index >= 15 is 0 Å². The summed E-state index contributed by atoms with van der Waals surface area (Å²) in [6, 6.07) is 13.7. The average Bonchev–Trinajstić information content (AvgIpc) is 3.27. The molecule has 5 nitrogen and oxygen atoms in total. The average molecular weight is 337 g/mol. The summed E-state index contributed by atoms with van der Waals surface area (Å²) in [4.78, 5) is 19.0. The first-order valence-electron chi connectivity index (χ1n) is 8.50. The van der Waals surface area contributed by atoms with Gasteiger partial charge in [0.05, 0.1) is 12.8 Å². The van der Waals surface area contributed by atoms with E-state index < -0.39 is 0 Å². The fourth-order valence-electron chi connectivity index (χ4n) is 2.80. The van der Waals surface area contributed by atoms with Gasteiger partial charge in [0.25, 0.3) is 5.91 Å². The van der Waals surface area contributed by atoms with Crippen LogP contribution in [0.2, 0.25) is 0 Å². The predicted octanol–water partition coefficient (Wildman–Crippen LogP) is 3.82. The third kappa shape index (κ3) is 4.38. The number of benzene rings is 1. The van der Waals surface area contributed by atoms with Gasteiger partial charge in [-0.25, -0.2) is 4.98 Å². The smallest absolute Gasteiger partial charge is 0.289 e. The molecule has 1 aromatic carbocycles. The van der Waals surface area contributed by atoms with Crippen LogP contribution in [0.15, 0.2) is 65.5 Å². The van der Waals surface area contributed by atoms with E-state index in [1.165, 1.54) is 11.8 Å². The summed E-state index contributed by atoms with van der Waals surface area (Å²) in [6.45, 7) is 6.04. The molecule has 0 bridgehead atoms. The van der Waals surface area contributed by atoms with Crippen molar-refractivity contribution in [3.8, 4) is 0 Å². The van der Waals surface area contributed by atoms with E-state index in [1.807, 2.05) is 24.4 Å². The summed E-state index contributed by atoms with van der Waals surface area (Å²) in [5, 5.41) is 0. The fourth-order valence-corrected chi connectivity index (χ4v) is 2.80. The summed E-state index contributed by atoms with van der Waals surface area (Å²) >= 11 is 0. The van der Waals surface area contributed by atoms with Gasteiger partial charge >= 0.3 is 0 Å². The second-order valence-electron chi connectivity index (χ2n) is 6.51. The number of rotatable bonds is 7. The Hall–Kier alpha value is -2.82. The number of amides is 1. The fraction of sp³-hybridized carbons (Fsp3) is 0.300. The highest BCUT2D eigenvalue weighted by Gasteiger charge is 2.21. The van der Waals surface area contributed by atoms with Gasteiger partial charge in [-0.2, -0.15) is 0 Å². The topological polar surface area (TPSA) is 51.3 Å². The Bertz CT molecular complexity index is 791. The quantitative estimate of drug-likeness (QED) is 0.658. The Morgan fingerprint density at radius 1 is 1.20 bits per heavy atom. The monoisotopic (exact) mass is 337 g/mol. The summed E-state index contributed by atoms with van der Waals surface area (Å²) < 4.78 is 7.37. The number of hydrogen-bond acceptors (Lipinski definition) is 3. The Morgan fingerprint density at radius 2 is 2.00 bits per heavy atom. The lowest BCUT2D eigenvalue weighted by atomic mass is 10.2. The Balaban J connectivity index is 1.78. The van der Waals surface area contributed by atoms with Gasteiger partial charge in [-0.1, -0.05) is 44.2 Å². The molecule has 0 unspecified atom stereocenters. The molecule has 130 valence electrons. The molecule has 3 aromatic rings. The van der Waals surface area contributed by atoms with Crippen molar-refractivity contribution in [2.75, 3.05) is 6.54 Å². The van der Waals surface area contributed by atoms with E-state index in [2.05, 4.69) is 35.5 Å². The van der Waals surface area contributed by atoms with Gasteiger partial charge in [0.2, 0.25) is 0 Å². The molecule has 0 aliphatic carbocycles. The van der Waals surface area contributed by atoms with Crippen molar-refractivity contribution in [3.05, 3.63) is 78.3 Å². The molecule has 0 N–H and O–H groups in total. The lowest BCUT2D eigenvalue weighted by Gasteiger charge is -2.23. The van der Waals surface area contributed by atoms with Gasteiger partial charge in [0, 0.05) is 25.5 Å². The van der Waals surface area contributed by atoms with Crippen LogP contribution in [0.1, 0.15) is 35.8 Å². The van der Waals surface area contributed by atoms with Gasteiger partial charge in [-0.3, -0.25) is 4.79 Å². The zero-order chi connectivity index (χ0) is 17.6. The normalized spacial score (nSPS) is 11.0. The van der Waals surface area contributed by atoms with E-state index in [0.29, 0.717) is 24.8 Å². The van der Waals surface area contributed by atoms with E-state index in [1.54, 1.807) is 23.2 Å². The van der Waals surface area contributed by atoms with Crippen molar-refractivity contribution < 1.29 is 9.21 Å². The maximum absolute atomic E-state index is 12.7. The van der Waals surface area contributed by atoms with E-state index in [0.717, 1.165) is 12.4 Å². The lowest BCUT2D eigenvalue weighted by molar-refractivity contribution is 0.0684. The van der Waals surface area contributed by atoms with Crippen LogP contribution in [0.4, 0.5) is 0 Å². The van der Waals surface area contributed by atoms with E-state index in [-0.39, 0.29) is 5.91 Å². The SMILES string of the molecule is CC(C)CN(Cc1nccn1Cc1ccccc1)C(=O)c1ccco1. The molecule has 0 aliphatic heterocycles. The standard InChI is InChI=1S/C20H23N3O2/c1-16(2)13-23(20(24)18-9-6-12-25-18)15-19-21-10-11-22(19)14-17-7-4-3-5-8-17/h3-12,16H,13-15H2,1-2H3. The van der Waals surface area contributed by atoms with Crippen LogP contribution < -0.4 is 0 Å². The van der Waals surface area contributed by atoms with Crippen molar-refractivity contribution >= 4 is 5.91 Å². The molecule has 0 atom stereocenters. The van der Waals surface area contributed by atoms with Gasteiger partial charge in [0.1, 0.15) is 5.82 Å². The Kier molecular flexibility index (Phi) is 5.33. The molecule has 5 heteroatoms. The zero-order valence-electron chi connectivity index (χ0n) is 14.6.